The largest absolute Gasteiger partial charge is 0.373 e. The molecule has 1 fully saturated rings. The zero-order valence-corrected chi connectivity index (χ0v) is 19.8. The number of benzene rings is 4. The number of nitrogens with one attached hydrogen (secondary N) is 2. The van der Waals surface area contributed by atoms with Gasteiger partial charge >= 0.3 is 0 Å². The first-order valence-electron chi connectivity index (χ1n) is 12.4. The molecule has 3 heteroatoms. The van der Waals surface area contributed by atoms with Crippen molar-refractivity contribution in [3.8, 4) is 0 Å². The predicted molar refractivity (Wildman–Crippen MR) is 143 cm³/mol. The maximum absolute atomic E-state index is 5.45. The van der Waals surface area contributed by atoms with Gasteiger partial charge in [-0.15, -0.1) is 0 Å². The van der Waals surface area contributed by atoms with Gasteiger partial charge in [0.25, 0.3) is 0 Å². The molecular formula is C32H30N2O. The molecule has 5 aromatic rings. The standard InChI is InChI=1S/C32H30N2O/c1-4-10-26(11-5-1)32(27-12-6-2-7-13-27,28-14-8-3-9-15-28)34-19-18-25-22-33-31-17-16-24(21-30(25)31)20-29-23-35-29/h1-17,21-22,29,33-34H,18-20,23H2/t29-/m0/s1. The zero-order valence-electron chi connectivity index (χ0n) is 19.8. The first-order valence-corrected chi connectivity index (χ1v) is 12.4. The van der Waals surface area contributed by atoms with Crippen molar-refractivity contribution in [2.75, 3.05) is 13.2 Å². The van der Waals surface area contributed by atoms with Crippen LogP contribution in [0.4, 0.5) is 0 Å². The molecule has 174 valence electrons. The van der Waals surface area contributed by atoms with Crippen LogP contribution in [0.3, 0.4) is 0 Å². The lowest BCUT2D eigenvalue weighted by Crippen LogP contribution is -2.45. The number of fused-ring (bicyclic) bond motifs is 1. The Bertz CT molecular complexity index is 1290. The van der Waals surface area contributed by atoms with Crippen LogP contribution in [0, 0.1) is 0 Å². The van der Waals surface area contributed by atoms with Crippen LogP contribution in [0.1, 0.15) is 27.8 Å². The number of aromatic amines is 1. The van der Waals surface area contributed by atoms with E-state index < -0.39 is 5.54 Å². The summed E-state index contributed by atoms with van der Waals surface area (Å²) in [6, 6.07) is 39.1. The average Bonchev–Trinajstić information content (AvgIpc) is 3.66. The molecule has 2 N–H and O–H groups in total. The quantitative estimate of drug-likeness (QED) is 0.203. The summed E-state index contributed by atoms with van der Waals surface area (Å²) in [5.41, 5.74) is 7.16. The fourth-order valence-corrected chi connectivity index (χ4v) is 5.26. The van der Waals surface area contributed by atoms with Crippen molar-refractivity contribution in [3.05, 3.63) is 143 Å². The first-order chi connectivity index (χ1) is 17.3. The third kappa shape index (κ3) is 4.41. The van der Waals surface area contributed by atoms with Crippen molar-refractivity contribution in [1.29, 1.82) is 0 Å². The number of aromatic nitrogens is 1. The van der Waals surface area contributed by atoms with E-state index in [4.69, 9.17) is 4.74 Å². The molecule has 0 amide bonds. The van der Waals surface area contributed by atoms with Gasteiger partial charge in [-0.3, -0.25) is 5.32 Å². The summed E-state index contributed by atoms with van der Waals surface area (Å²) in [6.45, 7) is 1.73. The van der Waals surface area contributed by atoms with Crippen molar-refractivity contribution < 1.29 is 4.74 Å². The van der Waals surface area contributed by atoms with Gasteiger partial charge in [0.05, 0.1) is 18.2 Å². The van der Waals surface area contributed by atoms with Gasteiger partial charge in [-0.05, 0) is 46.4 Å². The van der Waals surface area contributed by atoms with E-state index in [9.17, 15) is 0 Å². The van der Waals surface area contributed by atoms with Crippen molar-refractivity contribution in [1.82, 2.24) is 10.3 Å². The van der Waals surface area contributed by atoms with E-state index in [1.807, 2.05) is 0 Å². The molecule has 0 bridgehead atoms. The maximum Gasteiger partial charge on any atom is 0.0948 e. The van der Waals surface area contributed by atoms with Gasteiger partial charge in [0.2, 0.25) is 0 Å². The molecule has 0 unspecified atom stereocenters. The van der Waals surface area contributed by atoms with Crippen LogP contribution < -0.4 is 5.32 Å². The molecule has 4 aromatic carbocycles. The Balaban J connectivity index is 1.35. The monoisotopic (exact) mass is 458 g/mol. The van der Waals surface area contributed by atoms with E-state index >= 15 is 0 Å². The van der Waals surface area contributed by atoms with Gasteiger partial charge in [0.1, 0.15) is 0 Å². The number of rotatable bonds is 9. The molecule has 0 saturated carbocycles. The van der Waals surface area contributed by atoms with E-state index in [1.54, 1.807) is 0 Å². The molecule has 1 aliphatic rings. The van der Waals surface area contributed by atoms with Gasteiger partial charge in [0.15, 0.2) is 0 Å². The van der Waals surface area contributed by atoms with Crippen LogP contribution in [0.15, 0.2) is 115 Å². The molecular weight excluding hydrogens is 428 g/mol. The average molecular weight is 459 g/mol. The fourth-order valence-electron chi connectivity index (χ4n) is 5.26. The summed E-state index contributed by atoms with van der Waals surface area (Å²) < 4.78 is 5.45. The van der Waals surface area contributed by atoms with Gasteiger partial charge in [-0.2, -0.15) is 0 Å². The van der Waals surface area contributed by atoms with Gasteiger partial charge in [-0.1, -0.05) is 97.1 Å². The summed E-state index contributed by atoms with van der Waals surface area (Å²) >= 11 is 0. The number of hydrogen-bond acceptors (Lipinski definition) is 2. The Morgan fingerprint density at radius 2 is 1.34 bits per heavy atom. The minimum Gasteiger partial charge on any atom is -0.373 e. The Kier molecular flexibility index (Phi) is 5.95. The highest BCUT2D eigenvalue weighted by Crippen LogP contribution is 2.36. The molecule has 6 rings (SSSR count). The Hall–Kier alpha value is -3.66. The molecule has 2 heterocycles. The Morgan fingerprint density at radius 1 is 0.771 bits per heavy atom. The number of hydrogen-bond donors (Lipinski definition) is 2. The van der Waals surface area contributed by atoms with Crippen molar-refractivity contribution in [2.24, 2.45) is 0 Å². The minimum atomic E-state index is -0.440. The highest BCUT2D eigenvalue weighted by atomic mass is 16.6. The lowest BCUT2D eigenvalue weighted by molar-refractivity contribution is 0.407. The zero-order chi connectivity index (χ0) is 23.5. The van der Waals surface area contributed by atoms with E-state index in [0.29, 0.717) is 6.10 Å². The van der Waals surface area contributed by atoms with Gasteiger partial charge in [-0.25, -0.2) is 0 Å². The topological polar surface area (TPSA) is 40.4 Å². The van der Waals surface area contributed by atoms with Crippen LogP contribution in [-0.2, 0) is 23.1 Å². The van der Waals surface area contributed by atoms with E-state index in [-0.39, 0.29) is 0 Å². The second-order valence-corrected chi connectivity index (χ2v) is 9.38. The molecule has 0 radical (unpaired) electrons. The van der Waals surface area contributed by atoms with Crippen molar-refractivity contribution in [3.63, 3.8) is 0 Å². The van der Waals surface area contributed by atoms with Crippen LogP contribution in [0.25, 0.3) is 10.9 Å². The van der Waals surface area contributed by atoms with E-state index in [1.165, 1.54) is 38.7 Å². The third-order valence-corrected chi connectivity index (χ3v) is 7.10. The van der Waals surface area contributed by atoms with Crippen LogP contribution >= 0.6 is 0 Å². The number of epoxide rings is 1. The number of ether oxygens (including phenoxy) is 1. The summed E-state index contributed by atoms with van der Waals surface area (Å²) in [4.78, 5) is 3.47. The number of H-pyrrole nitrogens is 1. The highest BCUT2D eigenvalue weighted by Gasteiger charge is 2.35. The van der Waals surface area contributed by atoms with Gasteiger partial charge in [0, 0.05) is 30.1 Å². The summed E-state index contributed by atoms with van der Waals surface area (Å²) in [7, 11) is 0. The third-order valence-electron chi connectivity index (χ3n) is 7.10. The Morgan fingerprint density at radius 3 is 1.89 bits per heavy atom. The van der Waals surface area contributed by atoms with Crippen molar-refractivity contribution in [2.45, 2.75) is 24.5 Å². The molecule has 3 nitrogen and oxygen atoms in total. The van der Waals surface area contributed by atoms with Gasteiger partial charge < -0.3 is 9.72 Å². The molecule has 1 aliphatic heterocycles. The van der Waals surface area contributed by atoms with E-state index in [0.717, 1.165) is 26.0 Å². The molecule has 0 spiro atoms. The smallest absolute Gasteiger partial charge is 0.0948 e. The predicted octanol–water partition coefficient (Wildman–Crippen LogP) is 6.23. The second kappa shape index (κ2) is 9.53. The summed E-state index contributed by atoms with van der Waals surface area (Å²) in [5.74, 6) is 0. The van der Waals surface area contributed by atoms with Crippen molar-refractivity contribution >= 4 is 10.9 Å². The Labute approximate surface area is 206 Å². The maximum atomic E-state index is 5.45. The minimum absolute atomic E-state index is 0.403. The van der Waals surface area contributed by atoms with E-state index in [2.05, 4.69) is 126 Å². The lowest BCUT2D eigenvalue weighted by atomic mass is 9.77. The fraction of sp³-hybridized carbons (Fsp3) is 0.188. The molecule has 35 heavy (non-hydrogen) atoms. The molecule has 1 aromatic heterocycles. The van der Waals surface area contributed by atoms with Crippen LogP contribution in [0.2, 0.25) is 0 Å². The van der Waals surface area contributed by atoms with Crippen LogP contribution in [0.5, 0.6) is 0 Å². The molecule has 0 aliphatic carbocycles. The lowest BCUT2D eigenvalue weighted by Gasteiger charge is -2.37. The SMILES string of the molecule is c1ccc(C(NCCc2c[nH]c3ccc(C[C@H]4CO4)cc23)(c2ccccc2)c2ccccc2)cc1. The summed E-state index contributed by atoms with van der Waals surface area (Å²) in [5, 5.41) is 5.32. The molecule has 1 atom stereocenters. The molecule has 1 saturated heterocycles. The first kappa shape index (κ1) is 21.8. The second-order valence-electron chi connectivity index (χ2n) is 9.38. The normalized spacial score (nSPS) is 15.4. The highest BCUT2D eigenvalue weighted by molar-refractivity contribution is 5.84. The summed E-state index contributed by atoms with van der Waals surface area (Å²) in [6.07, 6.45) is 4.49. The van der Waals surface area contributed by atoms with Crippen LogP contribution in [-0.4, -0.2) is 24.2 Å².